The molecular weight excluding hydrogens is 290 g/mol. The third kappa shape index (κ3) is 2.72. The van der Waals surface area contributed by atoms with E-state index in [1.807, 2.05) is 24.3 Å². The quantitative estimate of drug-likeness (QED) is 0.440. The Morgan fingerprint density at radius 2 is 1.81 bits per heavy atom. The van der Waals surface area contributed by atoms with Crippen LogP contribution < -0.4 is 5.43 Å². The number of fused-ring (bicyclic) bond motifs is 1. The molecule has 3 aromatic rings. The van der Waals surface area contributed by atoms with Gasteiger partial charge in [0.05, 0.1) is 22.0 Å². The average Bonchev–Trinajstić information content (AvgIpc) is 2.84. The molecule has 0 unspecified atom stereocenters. The highest BCUT2D eigenvalue weighted by Gasteiger charge is 2.07. The van der Waals surface area contributed by atoms with Gasteiger partial charge in [0.1, 0.15) is 17.2 Å². The Kier molecular flexibility index (Phi) is 3.33. The fourth-order valence-corrected chi connectivity index (χ4v) is 2.63. The van der Waals surface area contributed by atoms with Gasteiger partial charge in [-0.2, -0.15) is 5.10 Å². The summed E-state index contributed by atoms with van der Waals surface area (Å²) in [6.45, 7) is 0. The average molecular weight is 301 g/mol. The van der Waals surface area contributed by atoms with Crippen molar-refractivity contribution < 1.29 is 15.3 Å². The Hall–Kier alpha value is -2.80. The highest BCUT2D eigenvalue weighted by atomic mass is 32.1. The molecule has 0 aliphatic rings. The number of anilines is 1. The van der Waals surface area contributed by atoms with Crippen LogP contribution in [0.15, 0.2) is 41.5 Å². The molecule has 7 heteroatoms. The molecule has 6 nitrogen and oxygen atoms in total. The number of para-hydroxylation sites is 1. The summed E-state index contributed by atoms with van der Waals surface area (Å²) in [5.41, 5.74) is 3.73. The normalized spacial score (nSPS) is 11.2. The Morgan fingerprint density at radius 3 is 2.52 bits per heavy atom. The molecule has 0 spiro atoms. The minimum Gasteiger partial charge on any atom is -0.508 e. The number of phenolic OH excluding ortho intramolecular Hbond substituents is 3. The topological polar surface area (TPSA) is 98.0 Å². The lowest BCUT2D eigenvalue weighted by Crippen LogP contribution is -1.91. The number of hydrogen-bond acceptors (Lipinski definition) is 7. The van der Waals surface area contributed by atoms with Crippen LogP contribution in [-0.4, -0.2) is 26.5 Å². The van der Waals surface area contributed by atoms with Crippen molar-refractivity contribution in [2.75, 3.05) is 5.43 Å². The van der Waals surface area contributed by atoms with Crippen LogP contribution in [0.1, 0.15) is 5.56 Å². The summed E-state index contributed by atoms with van der Waals surface area (Å²) < 4.78 is 1.03. The zero-order chi connectivity index (χ0) is 14.8. The second-order valence-corrected chi connectivity index (χ2v) is 5.29. The Morgan fingerprint density at radius 1 is 1.10 bits per heavy atom. The van der Waals surface area contributed by atoms with Crippen molar-refractivity contribution in [3.63, 3.8) is 0 Å². The van der Waals surface area contributed by atoms with E-state index in [4.69, 9.17) is 0 Å². The first kappa shape index (κ1) is 13.2. The van der Waals surface area contributed by atoms with Crippen LogP contribution in [0.4, 0.5) is 5.13 Å². The molecule has 21 heavy (non-hydrogen) atoms. The largest absolute Gasteiger partial charge is 0.508 e. The van der Waals surface area contributed by atoms with Crippen molar-refractivity contribution in [3.8, 4) is 17.2 Å². The monoisotopic (exact) mass is 301 g/mol. The van der Waals surface area contributed by atoms with Gasteiger partial charge in [-0.15, -0.1) is 0 Å². The molecule has 0 saturated carbocycles. The molecule has 1 aromatic heterocycles. The predicted octanol–water partition coefficient (Wildman–Crippen LogP) is 2.86. The van der Waals surface area contributed by atoms with Gasteiger partial charge in [-0.25, -0.2) is 4.98 Å². The van der Waals surface area contributed by atoms with E-state index in [-0.39, 0.29) is 22.8 Å². The smallest absolute Gasteiger partial charge is 0.204 e. The molecule has 3 rings (SSSR count). The number of phenols is 3. The highest BCUT2D eigenvalue weighted by molar-refractivity contribution is 7.22. The molecule has 4 N–H and O–H groups in total. The minimum absolute atomic E-state index is 0.112. The number of thiazole rings is 1. The van der Waals surface area contributed by atoms with Crippen molar-refractivity contribution in [2.45, 2.75) is 0 Å². The van der Waals surface area contributed by atoms with Crippen LogP contribution >= 0.6 is 11.3 Å². The van der Waals surface area contributed by atoms with Crippen LogP contribution in [-0.2, 0) is 0 Å². The zero-order valence-corrected chi connectivity index (χ0v) is 11.5. The highest BCUT2D eigenvalue weighted by Crippen LogP contribution is 2.30. The standard InChI is InChI=1S/C14H11N3O3S/c18-8-5-11(19)9(12(20)6-8)7-15-17-14-16-10-3-1-2-4-13(10)21-14/h1-7,18-20H,(H,16,17). The number of rotatable bonds is 3. The number of aromatic hydroxyl groups is 3. The third-order valence-corrected chi connectivity index (χ3v) is 3.71. The first-order chi connectivity index (χ1) is 10.1. The van der Waals surface area contributed by atoms with Crippen LogP contribution in [0.2, 0.25) is 0 Å². The van der Waals surface area contributed by atoms with Crippen LogP contribution in [0.3, 0.4) is 0 Å². The minimum atomic E-state index is -0.262. The molecule has 0 amide bonds. The molecule has 0 radical (unpaired) electrons. The molecule has 0 aliphatic heterocycles. The second-order valence-electron chi connectivity index (χ2n) is 4.25. The molecule has 0 fully saturated rings. The maximum Gasteiger partial charge on any atom is 0.204 e. The van der Waals surface area contributed by atoms with Gasteiger partial charge in [0.2, 0.25) is 5.13 Å². The van der Waals surface area contributed by atoms with Crippen LogP contribution in [0.5, 0.6) is 17.2 Å². The van der Waals surface area contributed by atoms with Gasteiger partial charge in [-0.05, 0) is 12.1 Å². The van der Waals surface area contributed by atoms with E-state index in [1.165, 1.54) is 17.6 Å². The fraction of sp³-hybridized carbons (Fsp3) is 0. The summed E-state index contributed by atoms with van der Waals surface area (Å²) in [5, 5.41) is 33.0. The zero-order valence-electron chi connectivity index (χ0n) is 10.7. The van der Waals surface area contributed by atoms with Gasteiger partial charge >= 0.3 is 0 Å². The Labute approximate surface area is 123 Å². The molecule has 0 aliphatic carbocycles. The molecule has 2 aromatic carbocycles. The molecule has 106 valence electrons. The van der Waals surface area contributed by atoms with Gasteiger partial charge in [0.15, 0.2) is 0 Å². The van der Waals surface area contributed by atoms with Gasteiger partial charge < -0.3 is 15.3 Å². The van der Waals surface area contributed by atoms with E-state index in [2.05, 4.69) is 15.5 Å². The third-order valence-electron chi connectivity index (χ3n) is 2.77. The number of aromatic nitrogens is 1. The maximum atomic E-state index is 9.63. The lowest BCUT2D eigenvalue weighted by atomic mass is 10.2. The molecular formula is C14H11N3O3S. The number of benzene rings is 2. The van der Waals surface area contributed by atoms with Gasteiger partial charge in [0, 0.05) is 12.1 Å². The SMILES string of the molecule is Oc1cc(O)c(C=NNc2nc3ccccc3s2)c(O)c1. The second kappa shape index (κ2) is 5.29. The molecule has 0 atom stereocenters. The van der Waals surface area contributed by atoms with Gasteiger partial charge in [-0.3, -0.25) is 5.43 Å². The Balaban J connectivity index is 1.81. The van der Waals surface area contributed by atoms with Crippen LogP contribution in [0.25, 0.3) is 10.2 Å². The van der Waals surface area contributed by atoms with Crippen molar-refractivity contribution in [1.29, 1.82) is 0 Å². The number of hydrazone groups is 1. The number of nitrogens with zero attached hydrogens (tertiary/aromatic N) is 2. The van der Waals surface area contributed by atoms with Crippen molar-refractivity contribution in [1.82, 2.24) is 4.98 Å². The first-order valence-corrected chi connectivity index (χ1v) is 6.85. The summed E-state index contributed by atoms with van der Waals surface area (Å²) in [6.07, 6.45) is 1.26. The van der Waals surface area contributed by atoms with Gasteiger partial charge in [-0.1, -0.05) is 23.5 Å². The van der Waals surface area contributed by atoms with E-state index in [0.29, 0.717) is 5.13 Å². The molecule has 0 bridgehead atoms. The lowest BCUT2D eigenvalue weighted by molar-refractivity contribution is 0.427. The van der Waals surface area contributed by atoms with E-state index in [9.17, 15) is 15.3 Å². The van der Waals surface area contributed by atoms with Crippen molar-refractivity contribution in [3.05, 3.63) is 42.0 Å². The fourth-order valence-electron chi connectivity index (χ4n) is 1.81. The predicted molar refractivity (Wildman–Crippen MR) is 82.3 cm³/mol. The van der Waals surface area contributed by atoms with Crippen molar-refractivity contribution >= 4 is 32.9 Å². The number of nitrogens with one attached hydrogen (secondary N) is 1. The lowest BCUT2D eigenvalue weighted by Gasteiger charge is -2.02. The van der Waals surface area contributed by atoms with E-state index in [0.717, 1.165) is 22.3 Å². The summed E-state index contributed by atoms with van der Waals surface area (Å²) in [7, 11) is 0. The molecule has 1 heterocycles. The van der Waals surface area contributed by atoms with Crippen LogP contribution in [0, 0.1) is 0 Å². The first-order valence-electron chi connectivity index (χ1n) is 6.03. The number of hydrogen-bond donors (Lipinski definition) is 4. The summed E-state index contributed by atoms with van der Waals surface area (Å²) in [6, 6.07) is 9.94. The van der Waals surface area contributed by atoms with Crippen molar-refractivity contribution in [2.24, 2.45) is 5.10 Å². The summed E-state index contributed by atoms with van der Waals surface area (Å²) in [5.74, 6) is -0.744. The van der Waals surface area contributed by atoms with Gasteiger partial charge in [0.25, 0.3) is 0 Å². The van der Waals surface area contributed by atoms with E-state index >= 15 is 0 Å². The summed E-state index contributed by atoms with van der Waals surface area (Å²) >= 11 is 1.44. The summed E-state index contributed by atoms with van der Waals surface area (Å²) in [4.78, 5) is 4.33. The molecule has 0 saturated heterocycles. The maximum absolute atomic E-state index is 9.63. The Bertz CT molecular complexity index is 773. The van der Waals surface area contributed by atoms with E-state index < -0.39 is 0 Å². The van der Waals surface area contributed by atoms with E-state index in [1.54, 1.807) is 0 Å².